The van der Waals surface area contributed by atoms with Gasteiger partial charge in [-0.15, -0.1) is 0 Å². The van der Waals surface area contributed by atoms with Gasteiger partial charge < -0.3 is 10.5 Å². The van der Waals surface area contributed by atoms with E-state index in [4.69, 9.17) is 10.5 Å². The summed E-state index contributed by atoms with van der Waals surface area (Å²) in [7, 11) is 0. The molecule has 3 heteroatoms. The Bertz CT molecular complexity index is 301. The Morgan fingerprint density at radius 1 is 1.50 bits per heavy atom. The van der Waals surface area contributed by atoms with Crippen molar-refractivity contribution in [2.24, 2.45) is 5.73 Å². The molecule has 1 aliphatic heterocycles. The van der Waals surface area contributed by atoms with Crippen molar-refractivity contribution in [2.45, 2.75) is 12.5 Å². The summed E-state index contributed by atoms with van der Waals surface area (Å²) in [4.78, 5) is 0. The summed E-state index contributed by atoms with van der Waals surface area (Å²) in [5, 5.41) is 0. The zero-order valence-electron chi connectivity index (χ0n) is 6.59. The molecule has 1 atom stereocenters. The van der Waals surface area contributed by atoms with Crippen LogP contribution in [-0.2, 0) is 0 Å². The van der Waals surface area contributed by atoms with Crippen molar-refractivity contribution in [1.82, 2.24) is 0 Å². The number of benzene rings is 1. The predicted molar refractivity (Wildman–Crippen MR) is 56.2 cm³/mol. The summed E-state index contributed by atoms with van der Waals surface area (Å²) in [5.41, 5.74) is 7.05. The normalized spacial score (nSPS) is 21.3. The summed E-state index contributed by atoms with van der Waals surface area (Å²) in [6.45, 7) is 0.744. The number of halogens is 1. The maximum Gasteiger partial charge on any atom is 0.125 e. The molecule has 12 heavy (non-hydrogen) atoms. The maximum absolute atomic E-state index is 5.91. The molecule has 0 amide bonds. The van der Waals surface area contributed by atoms with Gasteiger partial charge in [-0.05, 0) is 34.7 Å². The number of fused-ring (bicyclic) bond motifs is 1. The largest absolute Gasteiger partial charge is 0.493 e. The lowest BCUT2D eigenvalue weighted by Gasteiger charge is -2.22. The van der Waals surface area contributed by atoms with Crippen LogP contribution in [0.1, 0.15) is 18.0 Å². The molecule has 0 aromatic heterocycles. The average molecular weight is 275 g/mol. The number of ether oxygens (including phenoxy) is 1. The van der Waals surface area contributed by atoms with Crippen LogP contribution < -0.4 is 10.5 Å². The van der Waals surface area contributed by atoms with Gasteiger partial charge in [0.1, 0.15) is 5.75 Å². The minimum atomic E-state index is 0.158. The molecular formula is C9H10INO. The average Bonchev–Trinajstić information content (AvgIpc) is 2.04. The van der Waals surface area contributed by atoms with Crippen LogP contribution >= 0.6 is 22.6 Å². The van der Waals surface area contributed by atoms with Crippen molar-refractivity contribution in [3.8, 4) is 5.75 Å². The van der Waals surface area contributed by atoms with Gasteiger partial charge >= 0.3 is 0 Å². The van der Waals surface area contributed by atoms with Crippen LogP contribution in [0.3, 0.4) is 0 Å². The van der Waals surface area contributed by atoms with E-state index in [9.17, 15) is 0 Å². The van der Waals surface area contributed by atoms with Crippen molar-refractivity contribution >= 4 is 22.6 Å². The molecule has 1 aromatic carbocycles. The van der Waals surface area contributed by atoms with Crippen molar-refractivity contribution in [1.29, 1.82) is 0 Å². The first kappa shape index (κ1) is 8.31. The van der Waals surface area contributed by atoms with Gasteiger partial charge in [0.25, 0.3) is 0 Å². The van der Waals surface area contributed by atoms with Gasteiger partial charge in [-0.1, -0.05) is 6.07 Å². The van der Waals surface area contributed by atoms with Crippen LogP contribution in [0.2, 0.25) is 0 Å². The van der Waals surface area contributed by atoms with E-state index in [1.54, 1.807) is 0 Å². The molecule has 0 spiro atoms. The van der Waals surface area contributed by atoms with Gasteiger partial charge in [0.05, 0.1) is 6.61 Å². The van der Waals surface area contributed by atoms with Crippen LogP contribution in [0.15, 0.2) is 18.2 Å². The molecule has 0 aliphatic carbocycles. The SMILES string of the molecule is N[C@H]1CCOc2cc(I)ccc21. The summed E-state index contributed by atoms with van der Waals surface area (Å²) in [6.07, 6.45) is 0.924. The molecule has 1 aliphatic rings. The van der Waals surface area contributed by atoms with E-state index in [1.165, 1.54) is 3.57 Å². The number of hydrogen-bond donors (Lipinski definition) is 1. The highest BCUT2D eigenvalue weighted by molar-refractivity contribution is 14.1. The van der Waals surface area contributed by atoms with Gasteiger partial charge in [0, 0.05) is 21.6 Å². The molecule has 0 bridgehead atoms. The lowest BCUT2D eigenvalue weighted by atomic mass is 10.0. The zero-order chi connectivity index (χ0) is 8.55. The summed E-state index contributed by atoms with van der Waals surface area (Å²) >= 11 is 2.27. The van der Waals surface area contributed by atoms with Gasteiger partial charge in [0.2, 0.25) is 0 Å². The summed E-state index contributed by atoms with van der Waals surface area (Å²) < 4.78 is 6.68. The second kappa shape index (κ2) is 3.22. The molecule has 1 aromatic rings. The predicted octanol–water partition coefficient (Wildman–Crippen LogP) is 2.07. The molecule has 2 rings (SSSR count). The monoisotopic (exact) mass is 275 g/mol. The first-order valence-electron chi connectivity index (χ1n) is 3.95. The van der Waals surface area contributed by atoms with Gasteiger partial charge in [0.15, 0.2) is 0 Å². The van der Waals surface area contributed by atoms with Gasteiger partial charge in [-0.2, -0.15) is 0 Å². The van der Waals surface area contributed by atoms with Gasteiger partial charge in [-0.3, -0.25) is 0 Å². The molecule has 64 valence electrons. The molecule has 2 N–H and O–H groups in total. The van der Waals surface area contributed by atoms with E-state index in [0.717, 1.165) is 24.3 Å². The Morgan fingerprint density at radius 2 is 2.33 bits per heavy atom. The Kier molecular flexibility index (Phi) is 2.23. The summed E-state index contributed by atoms with van der Waals surface area (Å²) in [5.74, 6) is 0.959. The molecule has 2 nitrogen and oxygen atoms in total. The van der Waals surface area contributed by atoms with E-state index >= 15 is 0 Å². The van der Waals surface area contributed by atoms with Crippen LogP contribution in [0.25, 0.3) is 0 Å². The zero-order valence-corrected chi connectivity index (χ0v) is 8.74. The van der Waals surface area contributed by atoms with Crippen molar-refractivity contribution < 1.29 is 4.74 Å². The fraction of sp³-hybridized carbons (Fsp3) is 0.333. The topological polar surface area (TPSA) is 35.2 Å². The van der Waals surface area contributed by atoms with Crippen molar-refractivity contribution in [2.75, 3.05) is 6.61 Å². The van der Waals surface area contributed by atoms with Crippen molar-refractivity contribution in [3.05, 3.63) is 27.3 Å². The van der Waals surface area contributed by atoms with Crippen molar-refractivity contribution in [3.63, 3.8) is 0 Å². The number of hydrogen-bond acceptors (Lipinski definition) is 2. The number of rotatable bonds is 0. The Labute approximate surface area is 85.2 Å². The standard InChI is InChI=1S/C9H10INO/c10-6-1-2-7-8(11)3-4-12-9(7)5-6/h1-2,5,8H,3-4,11H2/t8-/m0/s1. The minimum absolute atomic E-state index is 0.158. The molecule has 0 unspecified atom stereocenters. The second-order valence-corrected chi connectivity index (χ2v) is 4.17. The Hall–Kier alpha value is -0.290. The smallest absolute Gasteiger partial charge is 0.125 e. The first-order chi connectivity index (χ1) is 5.77. The quantitative estimate of drug-likeness (QED) is 0.736. The molecular weight excluding hydrogens is 265 g/mol. The highest BCUT2D eigenvalue weighted by atomic mass is 127. The van der Waals surface area contributed by atoms with E-state index in [1.807, 2.05) is 6.07 Å². The van der Waals surface area contributed by atoms with E-state index in [2.05, 4.69) is 34.7 Å². The highest BCUT2D eigenvalue weighted by Crippen LogP contribution is 2.31. The fourth-order valence-electron chi connectivity index (χ4n) is 1.39. The minimum Gasteiger partial charge on any atom is -0.493 e. The van der Waals surface area contributed by atoms with Crippen LogP contribution in [0, 0.1) is 3.57 Å². The molecule has 0 saturated heterocycles. The van der Waals surface area contributed by atoms with Crippen LogP contribution in [0.4, 0.5) is 0 Å². The van der Waals surface area contributed by atoms with E-state index < -0.39 is 0 Å². The first-order valence-corrected chi connectivity index (χ1v) is 5.03. The third-order valence-corrected chi connectivity index (χ3v) is 2.73. The molecule has 0 fully saturated rings. The number of nitrogens with two attached hydrogens (primary N) is 1. The van der Waals surface area contributed by atoms with E-state index in [-0.39, 0.29) is 6.04 Å². The Balaban J connectivity index is 2.46. The van der Waals surface area contributed by atoms with Crippen LogP contribution in [-0.4, -0.2) is 6.61 Å². The highest BCUT2D eigenvalue weighted by Gasteiger charge is 2.17. The summed E-state index contributed by atoms with van der Waals surface area (Å²) in [6, 6.07) is 6.31. The second-order valence-electron chi connectivity index (χ2n) is 2.93. The maximum atomic E-state index is 5.91. The third kappa shape index (κ3) is 1.43. The molecule has 0 radical (unpaired) electrons. The third-order valence-electron chi connectivity index (χ3n) is 2.06. The molecule has 0 saturated carbocycles. The van der Waals surface area contributed by atoms with E-state index in [0.29, 0.717) is 0 Å². The van der Waals surface area contributed by atoms with Crippen LogP contribution in [0.5, 0.6) is 5.75 Å². The van der Waals surface area contributed by atoms with Gasteiger partial charge in [-0.25, -0.2) is 0 Å². The lowest BCUT2D eigenvalue weighted by Crippen LogP contribution is -2.20. The Morgan fingerprint density at radius 3 is 3.17 bits per heavy atom. The lowest BCUT2D eigenvalue weighted by molar-refractivity contribution is 0.269. The molecule has 1 heterocycles. The fourth-order valence-corrected chi connectivity index (χ4v) is 1.85.